The highest BCUT2D eigenvalue weighted by atomic mass is 16.2. The second-order valence-electron chi connectivity index (χ2n) is 4.03. The summed E-state index contributed by atoms with van der Waals surface area (Å²) in [5, 5.41) is 3.06. The van der Waals surface area contributed by atoms with Gasteiger partial charge in [0.25, 0.3) is 0 Å². The Labute approximate surface area is 86.2 Å². The van der Waals surface area contributed by atoms with Crippen molar-refractivity contribution < 1.29 is 4.79 Å². The highest BCUT2D eigenvalue weighted by molar-refractivity contribution is 5.78. The molecule has 1 amide bonds. The molecule has 1 aliphatic rings. The normalized spacial score (nSPS) is 22.0. The Kier molecular flexibility index (Phi) is 4.35. The first-order chi connectivity index (χ1) is 6.65. The maximum Gasteiger partial charge on any atom is 0.236 e. The number of nitrogens with zero attached hydrogens (tertiary/aromatic N) is 2. The molecule has 14 heavy (non-hydrogen) atoms. The zero-order valence-electron chi connectivity index (χ0n) is 9.42. The third-order valence-corrected chi connectivity index (χ3v) is 2.77. The van der Waals surface area contributed by atoms with Crippen LogP contribution in [0.3, 0.4) is 0 Å². The summed E-state index contributed by atoms with van der Waals surface area (Å²) < 4.78 is 0. The van der Waals surface area contributed by atoms with Gasteiger partial charge in [-0.25, -0.2) is 0 Å². The van der Waals surface area contributed by atoms with Gasteiger partial charge in [-0.3, -0.25) is 4.79 Å². The molecule has 0 radical (unpaired) electrons. The number of rotatable bonds is 4. The molecule has 0 spiro atoms. The lowest BCUT2D eigenvalue weighted by molar-refractivity contribution is -0.129. The molecule has 1 atom stereocenters. The Morgan fingerprint density at radius 3 is 2.79 bits per heavy atom. The van der Waals surface area contributed by atoms with Crippen LogP contribution in [0.1, 0.15) is 13.3 Å². The van der Waals surface area contributed by atoms with E-state index in [1.165, 1.54) is 0 Å². The fraction of sp³-hybridized carbons (Fsp3) is 0.900. The van der Waals surface area contributed by atoms with Gasteiger partial charge in [0.1, 0.15) is 0 Å². The van der Waals surface area contributed by atoms with Crippen LogP contribution in [0.2, 0.25) is 0 Å². The first-order valence-corrected chi connectivity index (χ1v) is 5.30. The molecule has 1 saturated heterocycles. The van der Waals surface area contributed by atoms with Crippen LogP contribution in [0, 0.1) is 0 Å². The lowest BCUT2D eigenvalue weighted by Crippen LogP contribution is -2.39. The zero-order valence-corrected chi connectivity index (χ0v) is 9.42. The van der Waals surface area contributed by atoms with Crippen LogP contribution in [0.15, 0.2) is 0 Å². The van der Waals surface area contributed by atoms with Crippen molar-refractivity contribution in [1.29, 1.82) is 0 Å². The third-order valence-electron chi connectivity index (χ3n) is 2.77. The zero-order chi connectivity index (χ0) is 10.6. The fourth-order valence-corrected chi connectivity index (χ4v) is 1.73. The largest absolute Gasteiger partial charge is 0.340 e. The van der Waals surface area contributed by atoms with E-state index in [-0.39, 0.29) is 5.91 Å². The van der Waals surface area contributed by atoms with Gasteiger partial charge in [-0.15, -0.1) is 0 Å². The van der Waals surface area contributed by atoms with Gasteiger partial charge in [-0.1, -0.05) is 6.92 Å². The Bertz CT molecular complexity index is 194. The summed E-state index contributed by atoms with van der Waals surface area (Å²) in [4.78, 5) is 15.8. The van der Waals surface area contributed by atoms with E-state index in [2.05, 4.69) is 24.3 Å². The van der Waals surface area contributed by atoms with Crippen LogP contribution >= 0.6 is 0 Å². The maximum atomic E-state index is 11.6. The van der Waals surface area contributed by atoms with E-state index in [1.54, 1.807) is 0 Å². The number of likely N-dealkylation sites (tertiary alicyclic amines) is 1. The molecular formula is C10H21N3O. The van der Waals surface area contributed by atoms with Crippen molar-refractivity contribution in [3.8, 4) is 0 Å². The smallest absolute Gasteiger partial charge is 0.236 e. The van der Waals surface area contributed by atoms with E-state index >= 15 is 0 Å². The summed E-state index contributed by atoms with van der Waals surface area (Å²) in [5.41, 5.74) is 0. The van der Waals surface area contributed by atoms with Crippen molar-refractivity contribution >= 4 is 5.91 Å². The van der Waals surface area contributed by atoms with Crippen LogP contribution in [0.5, 0.6) is 0 Å². The van der Waals surface area contributed by atoms with E-state index in [0.29, 0.717) is 12.6 Å². The molecule has 1 unspecified atom stereocenters. The highest BCUT2D eigenvalue weighted by Crippen LogP contribution is 2.12. The van der Waals surface area contributed by atoms with Gasteiger partial charge in [0.05, 0.1) is 6.54 Å². The van der Waals surface area contributed by atoms with Crippen molar-refractivity contribution in [2.75, 3.05) is 40.3 Å². The van der Waals surface area contributed by atoms with Crippen molar-refractivity contribution in [3.63, 3.8) is 0 Å². The average Bonchev–Trinajstić information content (AvgIpc) is 2.62. The third kappa shape index (κ3) is 2.96. The number of carbonyl (C=O) groups is 1. The van der Waals surface area contributed by atoms with Crippen molar-refractivity contribution in [1.82, 2.24) is 15.1 Å². The SMILES string of the molecule is CCNCC(=O)N1CCC(N(C)C)C1. The van der Waals surface area contributed by atoms with Gasteiger partial charge in [0, 0.05) is 19.1 Å². The van der Waals surface area contributed by atoms with Gasteiger partial charge in [-0.2, -0.15) is 0 Å². The summed E-state index contributed by atoms with van der Waals surface area (Å²) in [5.74, 6) is 0.233. The van der Waals surface area contributed by atoms with E-state index < -0.39 is 0 Å². The van der Waals surface area contributed by atoms with Gasteiger partial charge < -0.3 is 15.1 Å². The van der Waals surface area contributed by atoms with Gasteiger partial charge in [-0.05, 0) is 27.1 Å². The molecule has 0 saturated carbocycles. The molecule has 4 nitrogen and oxygen atoms in total. The summed E-state index contributed by atoms with van der Waals surface area (Å²) >= 11 is 0. The molecule has 1 aliphatic heterocycles. The number of amides is 1. The predicted molar refractivity (Wildman–Crippen MR) is 57.2 cm³/mol. The quantitative estimate of drug-likeness (QED) is 0.678. The van der Waals surface area contributed by atoms with Crippen molar-refractivity contribution in [3.05, 3.63) is 0 Å². The molecular weight excluding hydrogens is 178 g/mol. The molecule has 0 aromatic carbocycles. The van der Waals surface area contributed by atoms with E-state index in [9.17, 15) is 4.79 Å². The van der Waals surface area contributed by atoms with Crippen LogP contribution in [0.25, 0.3) is 0 Å². The number of likely N-dealkylation sites (N-methyl/N-ethyl adjacent to an activating group) is 2. The summed E-state index contributed by atoms with van der Waals surface area (Å²) in [6.45, 7) is 5.15. The number of hydrogen-bond acceptors (Lipinski definition) is 3. The molecule has 0 aromatic heterocycles. The summed E-state index contributed by atoms with van der Waals surface area (Å²) in [6, 6.07) is 0.542. The van der Waals surface area contributed by atoms with E-state index in [0.717, 1.165) is 26.1 Å². The minimum absolute atomic E-state index is 0.233. The Balaban J connectivity index is 2.30. The number of hydrogen-bond donors (Lipinski definition) is 1. The molecule has 1 rings (SSSR count). The standard InChI is InChI=1S/C10H21N3O/c1-4-11-7-10(14)13-6-5-9(8-13)12(2)3/h9,11H,4-8H2,1-3H3. The number of nitrogens with one attached hydrogen (secondary N) is 1. The molecule has 4 heteroatoms. The summed E-state index contributed by atoms with van der Waals surface area (Å²) in [6.07, 6.45) is 1.10. The highest BCUT2D eigenvalue weighted by Gasteiger charge is 2.26. The van der Waals surface area contributed by atoms with Crippen LogP contribution < -0.4 is 5.32 Å². The topological polar surface area (TPSA) is 35.6 Å². The van der Waals surface area contributed by atoms with Gasteiger partial charge in [0.15, 0.2) is 0 Å². The first-order valence-electron chi connectivity index (χ1n) is 5.30. The lowest BCUT2D eigenvalue weighted by Gasteiger charge is -2.20. The molecule has 82 valence electrons. The fourth-order valence-electron chi connectivity index (χ4n) is 1.73. The number of carbonyl (C=O) groups excluding carboxylic acids is 1. The average molecular weight is 199 g/mol. The predicted octanol–water partition coefficient (Wildman–Crippen LogP) is -0.242. The van der Waals surface area contributed by atoms with Gasteiger partial charge >= 0.3 is 0 Å². The minimum Gasteiger partial charge on any atom is -0.340 e. The molecule has 0 bridgehead atoms. The second-order valence-corrected chi connectivity index (χ2v) is 4.03. The van der Waals surface area contributed by atoms with Gasteiger partial charge in [0.2, 0.25) is 5.91 Å². The van der Waals surface area contributed by atoms with Crippen LogP contribution in [-0.2, 0) is 4.79 Å². The molecule has 1 N–H and O–H groups in total. The van der Waals surface area contributed by atoms with Crippen molar-refractivity contribution in [2.24, 2.45) is 0 Å². The Hall–Kier alpha value is -0.610. The first kappa shape index (κ1) is 11.5. The van der Waals surface area contributed by atoms with Crippen molar-refractivity contribution in [2.45, 2.75) is 19.4 Å². The molecule has 0 aliphatic carbocycles. The minimum atomic E-state index is 0.233. The monoisotopic (exact) mass is 199 g/mol. The second kappa shape index (κ2) is 5.32. The van der Waals surface area contributed by atoms with E-state index in [4.69, 9.17) is 0 Å². The molecule has 0 aromatic rings. The lowest BCUT2D eigenvalue weighted by atomic mass is 10.2. The maximum absolute atomic E-state index is 11.6. The summed E-state index contributed by atoms with van der Waals surface area (Å²) in [7, 11) is 4.14. The van der Waals surface area contributed by atoms with Crippen LogP contribution in [-0.4, -0.2) is 62.0 Å². The molecule has 1 fully saturated rings. The van der Waals surface area contributed by atoms with Crippen LogP contribution in [0.4, 0.5) is 0 Å². The van der Waals surface area contributed by atoms with E-state index in [1.807, 2.05) is 11.8 Å². The Morgan fingerprint density at radius 2 is 2.29 bits per heavy atom. The Morgan fingerprint density at radius 1 is 1.57 bits per heavy atom. The molecule has 1 heterocycles.